The molecule has 0 saturated heterocycles. The number of hydrogen-bond donors (Lipinski definition) is 1. The van der Waals surface area contributed by atoms with E-state index in [-0.39, 0.29) is 11.7 Å². The van der Waals surface area contributed by atoms with Gasteiger partial charge in [0, 0.05) is 34.6 Å². The van der Waals surface area contributed by atoms with E-state index in [4.69, 9.17) is 16.3 Å². The van der Waals surface area contributed by atoms with Crippen molar-refractivity contribution in [3.63, 3.8) is 0 Å². The highest BCUT2D eigenvalue weighted by molar-refractivity contribution is 6.31. The number of carbonyl (C=O) groups is 1. The molecule has 1 amide bonds. The molecule has 186 valence electrons. The van der Waals surface area contributed by atoms with Crippen LogP contribution in [0.15, 0.2) is 79.0 Å². The first kappa shape index (κ1) is 23.4. The lowest BCUT2D eigenvalue weighted by Gasteiger charge is -2.11. The normalized spacial score (nSPS) is 12.9. The van der Waals surface area contributed by atoms with Crippen molar-refractivity contribution in [3.8, 4) is 28.1 Å². The van der Waals surface area contributed by atoms with E-state index in [1.54, 1.807) is 37.4 Å². The number of aryl methyl sites for hydroxylation is 2. The van der Waals surface area contributed by atoms with Gasteiger partial charge in [-0.15, -0.1) is 0 Å². The van der Waals surface area contributed by atoms with Crippen molar-refractivity contribution < 1.29 is 13.9 Å². The summed E-state index contributed by atoms with van der Waals surface area (Å²) in [6.07, 6.45) is 4.88. The van der Waals surface area contributed by atoms with Gasteiger partial charge in [-0.2, -0.15) is 0 Å². The highest BCUT2D eigenvalue weighted by atomic mass is 35.5. The number of methoxy groups -OCH3 is 1. The fourth-order valence-electron chi connectivity index (χ4n) is 5.29. The van der Waals surface area contributed by atoms with E-state index in [9.17, 15) is 9.18 Å². The molecule has 0 unspecified atom stereocenters. The largest absolute Gasteiger partial charge is 0.497 e. The Bertz CT molecular complexity index is 1620. The van der Waals surface area contributed by atoms with Gasteiger partial charge in [0.15, 0.2) is 0 Å². The van der Waals surface area contributed by atoms with E-state index in [0.29, 0.717) is 16.4 Å². The first-order chi connectivity index (χ1) is 18.0. The number of halogens is 2. The van der Waals surface area contributed by atoms with Gasteiger partial charge in [0.05, 0.1) is 12.8 Å². The fraction of sp³-hybridized carbons (Fsp3) is 0.167. The maximum Gasteiger partial charge on any atom is 0.273 e. The lowest BCUT2D eigenvalue weighted by atomic mass is 9.97. The Hall–Kier alpha value is -4.03. The van der Waals surface area contributed by atoms with E-state index < -0.39 is 0 Å². The van der Waals surface area contributed by atoms with Crippen LogP contribution in [0, 0.1) is 5.82 Å². The van der Waals surface area contributed by atoms with Gasteiger partial charge in [-0.25, -0.2) is 4.39 Å². The number of ether oxygens (including phenoxy) is 1. The molecule has 2 aromatic heterocycles. The van der Waals surface area contributed by atoms with Crippen molar-refractivity contribution in [1.29, 1.82) is 0 Å². The highest BCUT2D eigenvalue weighted by Gasteiger charge is 2.29. The molecule has 5 aromatic rings. The van der Waals surface area contributed by atoms with Crippen LogP contribution in [-0.2, 0) is 13.0 Å². The number of nitrogens with zero attached hydrogens (tertiary/aromatic N) is 2. The molecule has 37 heavy (non-hydrogen) atoms. The van der Waals surface area contributed by atoms with Crippen LogP contribution in [0.4, 0.5) is 10.1 Å². The number of carbonyl (C=O) groups excluding carboxylic acids is 1. The number of hydrogen-bond acceptors (Lipinski definition) is 2. The smallest absolute Gasteiger partial charge is 0.273 e. The summed E-state index contributed by atoms with van der Waals surface area (Å²) in [5.41, 5.74) is 6.96. The first-order valence-electron chi connectivity index (χ1n) is 12.3. The van der Waals surface area contributed by atoms with Crippen molar-refractivity contribution in [2.45, 2.75) is 25.8 Å². The quantitative estimate of drug-likeness (QED) is 0.265. The highest BCUT2D eigenvalue weighted by Crippen LogP contribution is 2.40. The van der Waals surface area contributed by atoms with E-state index >= 15 is 0 Å². The Kier molecular flexibility index (Phi) is 5.97. The topological polar surface area (TPSA) is 47.7 Å². The van der Waals surface area contributed by atoms with Crippen molar-refractivity contribution in [2.24, 2.45) is 0 Å². The standard InChI is InChI=1S/C30H25ClFN3O2/c1-37-24-14-10-19(11-15-24)26-18-35-28(29(36)33-23-6-4-5-21(31)17-23)27(20-8-12-22(32)13-9-20)25-7-2-3-16-34(26)30(25)35/h4-6,8-15,17-18H,2-3,7,16H2,1H3,(H,33,36). The summed E-state index contributed by atoms with van der Waals surface area (Å²) >= 11 is 6.17. The van der Waals surface area contributed by atoms with Gasteiger partial charge in [0.25, 0.3) is 5.91 Å². The molecule has 3 aromatic carbocycles. The molecule has 0 aliphatic carbocycles. The van der Waals surface area contributed by atoms with Gasteiger partial charge in [-0.1, -0.05) is 29.8 Å². The predicted molar refractivity (Wildman–Crippen MR) is 145 cm³/mol. The number of benzene rings is 3. The molecule has 1 N–H and O–H groups in total. The summed E-state index contributed by atoms with van der Waals surface area (Å²) in [6, 6.07) is 21.4. The Morgan fingerprint density at radius 3 is 2.49 bits per heavy atom. The molecule has 5 nitrogen and oxygen atoms in total. The number of aromatic nitrogens is 2. The molecule has 3 heterocycles. The van der Waals surface area contributed by atoms with Crippen molar-refractivity contribution in [3.05, 3.63) is 101 Å². The van der Waals surface area contributed by atoms with Crippen molar-refractivity contribution >= 4 is 28.8 Å². The molecule has 0 spiro atoms. The van der Waals surface area contributed by atoms with Crippen LogP contribution in [0.3, 0.4) is 0 Å². The summed E-state index contributed by atoms with van der Waals surface area (Å²) in [5, 5.41) is 3.57. The Morgan fingerprint density at radius 1 is 1.00 bits per heavy atom. The average molecular weight is 514 g/mol. The van der Waals surface area contributed by atoms with Gasteiger partial charge in [-0.3, -0.25) is 9.20 Å². The van der Waals surface area contributed by atoms with Crippen LogP contribution in [0.25, 0.3) is 28.0 Å². The van der Waals surface area contributed by atoms with Crippen molar-refractivity contribution in [1.82, 2.24) is 8.97 Å². The number of imidazole rings is 1. The minimum Gasteiger partial charge on any atom is -0.497 e. The Morgan fingerprint density at radius 2 is 1.76 bits per heavy atom. The van der Waals surface area contributed by atoms with Crippen LogP contribution in [0.2, 0.25) is 5.02 Å². The fourth-order valence-corrected chi connectivity index (χ4v) is 5.48. The monoisotopic (exact) mass is 513 g/mol. The van der Waals surface area contributed by atoms with Gasteiger partial charge in [0.1, 0.15) is 22.9 Å². The third-order valence-electron chi connectivity index (χ3n) is 6.95. The first-order valence-corrected chi connectivity index (χ1v) is 12.6. The second-order valence-electron chi connectivity index (χ2n) is 9.22. The van der Waals surface area contributed by atoms with Gasteiger partial charge in [-0.05, 0) is 85.0 Å². The third kappa shape index (κ3) is 4.17. The van der Waals surface area contributed by atoms with Crippen LogP contribution < -0.4 is 10.1 Å². The predicted octanol–water partition coefficient (Wildman–Crippen LogP) is 7.46. The molecule has 0 saturated carbocycles. The summed E-state index contributed by atoms with van der Waals surface area (Å²) in [5.74, 6) is 0.232. The molecule has 1 aliphatic heterocycles. The molecular formula is C30H25ClFN3O2. The molecule has 6 rings (SSSR count). The SMILES string of the molecule is COc1ccc(-c2cn3c(C(=O)Nc4cccc(Cl)c4)c(-c4ccc(F)cc4)c4c3n2CCCC4)cc1. The third-order valence-corrected chi connectivity index (χ3v) is 7.19. The number of nitrogens with one attached hydrogen (secondary N) is 1. The minimum atomic E-state index is -0.311. The van der Waals surface area contributed by atoms with Gasteiger partial charge in [0.2, 0.25) is 0 Å². The molecule has 0 radical (unpaired) electrons. The molecule has 0 atom stereocenters. The van der Waals surface area contributed by atoms with Gasteiger partial charge < -0.3 is 14.6 Å². The van der Waals surface area contributed by atoms with Gasteiger partial charge >= 0.3 is 0 Å². The molecular weight excluding hydrogens is 489 g/mol. The summed E-state index contributed by atoms with van der Waals surface area (Å²) in [7, 11) is 1.65. The average Bonchev–Trinajstić information content (AvgIpc) is 3.32. The second-order valence-corrected chi connectivity index (χ2v) is 9.66. The van der Waals surface area contributed by atoms with Crippen LogP contribution >= 0.6 is 11.6 Å². The molecule has 0 fully saturated rings. The Labute approximate surface area is 219 Å². The number of amides is 1. The minimum absolute atomic E-state index is 0.248. The molecule has 1 aliphatic rings. The van der Waals surface area contributed by atoms with Crippen molar-refractivity contribution in [2.75, 3.05) is 12.4 Å². The van der Waals surface area contributed by atoms with Crippen LogP contribution in [0.1, 0.15) is 28.9 Å². The lowest BCUT2D eigenvalue weighted by molar-refractivity contribution is 0.102. The van der Waals surface area contributed by atoms with E-state index in [1.165, 1.54) is 12.1 Å². The van der Waals surface area contributed by atoms with Crippen LogP contribution in [0.5, 0.6) is 5.75 Å². The summed E-state index contributed by atoms with van der Waals surface area (Å²) in [4.78, 5) is 13.9. The zero-order chi connectivity index (χ0) is 25.5. The molecule has 7 heteroatoms. The number of anilines is 1. The summed E-state index contributed by atoms with van der Waals surface area (Å²) in [6.45, 7) is 0.840. The van der Waals surface area contributed by atoms with E-state index in [2.05, 4.69) is 9.88 Å². The van der Waals surface area contributed by atoms with Crippen LogP contribution in [-0.4, -0.2) is 22.0 Å². The molecule has 0 bridgehead atoms. The second kappa shape index (κ2) is 9.45. The lowest BCUT2D eigenvalue weighted by Crippen LogP contribution is -2.15. The zero-order valence-corrected chi connectivity index (χ0v) is 21.1. The zero-order valence-electron chi connectivity index (χ0n) is 20.3. The van der Waals surface area contributed by atoms with E-state index in [1.807, 2.05) is 40.9 Å². The maximum absolute atomic E-state index is 13.9. The summed E-state index contributed by atoms with van der Waals surface area (Å²) < 4.78 is 23.5. The Balaban J connectivity index is 1.59. The number of rotatable bonds is 5. The maximum atomic E-state index is 13.9. The van der Waals surface area contributed by atoms with E-state index in [0.717, 1.165) is 65.2 Å².